The molecule has 16 nitrogen and oxygen atoms in total. The first-order valence-electron chi connectivity index (χ1n) is 12.8. The summed E-state index contributed by atoms with van der Waals surface area (Å²) in [5.41, 5.74) is -1.16. The fourth-order valence-electron chi connectivity index (χ4n) is 2.94. The molecule has 41 heavy (non-hydrogen) atoms. The highest BCUT2D eigenvalue weighted by Gasteiger charge is 2.34. The quantitative estimate of drug-likeness (QED) is 0.0677. The van der Waals surface area contributed by atoms with E-state index in [1.807, 2.05) is 0 Å². The lowest BCUT2D eigenvalue weighted by Crippen LogP contribution is -2.44. The molecular formula is C25H44O16. The third-order valence-corrected chi connectivity index (χ3v) is 4.79. The van der Waals surface area contributed by atoms with E-state index in [9.17, 15) is 39.6 Å². The number of aliphatic hydroxyl groups excluding tert-OH is 4. The number of carbonyl (C=O) groups excluding carboxylic acids is 4. The Labute approximate surface area is 238 Å². The predicted molar refractivity (Wildman–Crippen MR) is 136 cm³/mol. The fraction of sp³-hybridized carbons (Fsp3) is 0.840. The maximum Gasteiger partial charge on any atom is 0.302 e. The molecule has 0 heterocycles. The van der Waals surface area contributed by atoms with Gasteiger partial charge >= 0.3 is 23.9 Å². The number of ether oxygens (including phenoxy) is 8. The van der Waals surface area contributed by atoms with E-state index in [2.05, 4.69) is 0 Å². The molecule has 0 saturated carbocycles. The maximum absolute atomic E-state index is 11.0. The average molecular weight is 601 g/mol. The van der Waals surface area contributed by atoms with Crippen molar-refractivity contribution in [2.75, 3.05) is 79.3 Å². The lowest BCUT2D eigenvalue weighted by molar-refractivity contribution is -0.153. The van der Waals surface area contributed by atoms with Crippen LogP contribution >= 0.6 is 0 Å². The van der Waals surface area contributed by atoms with Crippen LogP contribution in [0.2, 0.25) is 0 Å². The third-order valence-electron chi connectivity index (χ3n) is 4.79. The molecule has 0 spiro atoms. The maximum atomic E-state index is 11.0. The van der Waals surface area contributed by atoms with E-state index in [-0.39, 0.29) is 79.3 Å². The molecule has 0 aromatic rings. The molecule has 4 N–H and O–H groups in total. The molecule has 0 saturated heterocycles. The number of hydrogen-bond donors (Lipinski definition) is 4. The molecule has 0 fully saturated rings. The van der Waals surface area contributed by atoms with Crippen molar-refractivity contribution < 1.29 is 77.5 Å². The predicted octanol–water partition coefficient (Wildman–Crippen LogP) is -2.26. The molecule has 0 radical (unpaired) electrons. The van der Waals surface area contributed by atoms with E-state index in [0.29, 0.717) is 0 Å². The van der Waals surface area contributed by atoms with Crippen LogP contribution < -0.4 is 0 Å². The molecule has 0 aliphatic heterocycles. The Hall–Kier alpha value is -2.44. The van der Waals surface area contributed by atoms with Crippen molar-refractivity contribution in [1.29, 1.82) is 0 Å². The molecule has 0 aliphatic rings. The molecule has 240 valence electrons. The van der Waals surface area contributed by atoms with Gasteiger partial charge in [-0.25, -0.2) is 0 Å². The summed E-state index contributed by atoms with van der Waals surface area (Å²) < 4.78 is 41.5. The summed E-state index contributed by atoms with van der Waals surface area (Å²) in [6, 6.07) is 0. The third kappa shape index (κ3) is 22.9. The minimum Gasteiger partial charge on any atom is -0.463 e. The fourth-order valence-corrected chi connectivity index (χ4v) is 2.94. The van der Waals surface area contributed by atoms with Crippen LogP contribution in [0.5, 0.6) is 0 Å². The zero-order valence-corrected chi connectivity index (χ0v) is 24.0. The summed E-state index contributed by atoms with van der Waals surface area (Å²) in [6.07, 6.45) is -4.61. The minimum absolute atomic E-state index is 0.176. The largest absolute Gasteiger partial charge is 0.463 e. The first-order chi connectivity index (χ1) is 19.2. The summed E-state index contributed by atoms with van der Waals surface area (Å²) in [7, 11) is 0. The second kappa shape index (κ2) is 22.2. The highest BCUT2D eigenvalue weighted by molar-refractivity contribution is 5.66. The van der Waals surface area contributed by atoms with Gasteiger partial charge in [-0.3, -0.25) is 19.2 Å². The summed E-state index contributed by atoms with van der Waals surface area (Å²) in [5.74, 6) is -2.33. The van der Waals surface area contributed by atoms with Crippen LogP contribution in [0.25, 0.3) is 0 Å². The van der Waals surface area contributed by atoms with Gasteiger partial charge in [-0.1, -0.05) is 0 Å². The molecular weight excluding hydrogens is 556 g/mol. The SMILES string of the molecule is CC(=O)OCC(O)COCC(COCC(O)COC(C)=O)(COCC(O)COC(C)=O)COCC(O)COC(C)=O. The van der Waals surface area contributed by atoms with Gasteiger partial charge in [-0.05, 0) is 0 Å². The molecule has 4 atom stereocenters. The van der Waals surface area contributed by atoms with Crippen LogP contribution in [0, 0.1) is 5.41 Å². The van der Waals surface area contributed by atoms with Gasteiger partial charge < -0.3 is 58.3 Å². The van der Waals surface area contributed by atoms with Gasteiger partial charge in [0.25, 0.3) is 0 Å². The molecule has 0 aromatic heterocycles. The first-order valence-corrected chi connectivity index (χ1v) is 12.8. The van der Waals surface area contributed by atoms with Crippen LogP contribution in [0.4, 0.5) is 0 Å². The van der Waals surface area contributed by atoms with E-state index >= 15 is 0 Å². The molecule has 0 aliphatic carbocycles. The standard InChI is InChI=1S/C25H44O16/c1-17(26)38-9-21(30)5-34-13-25(14-35-6-22(31)10-39-18(2)27,15-36-7-23(32)11-40-19(3)28)16-37-8-24(33)12-41-20(4)29/h21-24,30-33H,5-16H2,1-4H3. The number of esters is 4. The van der Waals surface area contributed by atoms with E-state index in [1.165, 1.54) is 27.7 Å². The van der Waals surface area contributed by atoms with Gasteiger partial charge in [0.15, 0.2) is 0 Å². The Kier molecular flexibility index (Phi) is 20.9. The number of carbonyl (C=O) groups is 4. The van der Waals surface area contributed by atoms with Crippen molar-refractivity contribution >= 4 is 23.9 Å². The van der Waals surface area contributed by atoms with Gasteiger partial charge in [0.1, 0.15) is 50.8 Å². The molecule has 16 heteroatoms. The first kappa shape index (κ1) is 38.6. The van der Waals surface area contributed by atoms with E-state index in [1.54, 1.807) is 0 Å². The summed E-state index contributed by atoms with van der Waals surface area (Å²) >= 11 is 0. The second-order valence-electron chi connectivity index (χ2n) is 9.39. The highest BCUT2D eigenvalue weighted by Crippen LogP contribution is 2.22. The Morgan fingerprint density at radius 1 is 0.439 bits per heavy atom. The van der Waals surface area contributed by atoms with Crippen LogP contribution in [-0.2, 0) is 57.1 Å². The Morgan fingerprint density at radius 2 is 0.634 bits per heavy atom. The molecule has 0 amide bonds. The normalized spacial score (nSPS) is 15.6. The van der Waals surface area contributed by atoms with Crippen LogP contribution in [0.15, 0.2) is 0 Å². The molecule has 4 unspecified atom stereocenters. The van der Waals surface area contributed by atoms with Crippen molar-refractivity contribution in [3.05, 3.63) is 0 Å². The van der Waals surface area contributed by atoms with Crippen molar-refractivity contribution in [1.82, 2.24) is 0 Å². The second-order valence-corrected chi connectivity index (χ2v) is 9.39. The molecule has 0 aromatic carbocycles. The Bertz CT molecular complexity index is 634. The van der Waals surface area contributed by atoms with Crippen molar-refractivity contribution in [3.8, 4) is 0 Å². The van der Waals surface area contributed by atoms with E-state index < -0.39 is 53.7 Å². The Morgan fingerprint density at radius 3 is 0.805 bits per heavy atom. The van der Waals surface area contributed by atoms with Gasteiger partial charge in [0.2, 0.25) is 0 Å². The average Bonchev–Trinajstić information content (AvgIpc) is 2.88. The van der Waals surface area contributed by atoms with Gasteiger partial charge in [0, 0.05) is 27.7 Å². The minimum atomic E-state index is -1.16. The zero-order valence-electron chi connectivity index (χ0n) is 24.0. The lowest BCUT2D eigenvalue weighted by Gasteiger charge is -2.34. The lowest BCUT2D eigenvalue weighted by atomic mass is 9.92. The van der Waals surface area contributed by atoms with Gasteiger partial charge in [0.05, 0.1) is 58.3 Å². The van der Waals surface area contributed by atoms with Crippen molar-refractivity contribution in [2.24, 2.45) is 5.41 Å². The molecule has 0 rings (SSSR count). The van der Waals surface area contributed by atoms with Crippen molar-refractivity contribution in [2.45, 2.75) is 52.1 Å². The topological polar surface area (TPSA) is 223 Å². The van der Waals surface area contributed by atoms with Crippen LogP contribution in [-0.4, -0.2) is 148 Å². The highest BCUT2D eigenvalue weighted by atomic mass is 16.6. The smallest absolute Gasteiger partial charge is 0.302 e. The van der Waals surface area contributed by atoms with Gasteiger partial charge in [-0.2, -0.15) is 0 Å². The molecule has 0 bridgehead atoms. The monoisotopic (exact) mass is 600 g/mol. The number of rotatable bonds is 24. The number of hydrogen-bond acceptors (Lipinski definition) is 16. The van der Waals surface area contributed by atoms with Gasteiger partial charge in [-0.15, -0.1) is 0 Å². The van der Waals surface area contributed by atoms with E-state index in [0.717, 1.165) is 0 Å². The van der Waals surface area contributed by atoms with Crippen molar-refractivity contribution in [3.63, 3.8) is 0 Å². The summed E-state index contributed by atoms with van der Waals surface area (Å²) in [5, 5.41) is 40.1. The van der Waals surface area contributed by atoms with Crippen LogP contribution in [0.1, 0.15) is 27.7 Å². The summed E-state index contributed by atoms with van der Waals surface area (Å²) in [6.45, 7) is 1.79. The summed E-state index contributed by atoms with van der Waals surface area (Å²) in [4.78, 5) is 43.9. The number of aliphatic hydroxyl groups is 4. The zero-order chi connectivity index (χ0) is 31.3. The van der Waals surface area contributed by atoms with E-state index in [4.69, 9.17) is 37.9 Å². The Balaban J connectivity index is 5.45. The van der Waals surface area contributed by atoms with Crippen LogP contribution in [0.3, 0.4) is 0 Å².